The number of hydrogen-bond donors (Lipinski definition) is 0. The maximum atomic E-state index is 13.7. The number of halogens is 2. The average molecular weight is 334 g/mol. The van der Waals surface area contributed by atoms with Crippen LogP contribution in [0.3, 0.4) is 0 Å². The lowest BCUT2D eigenvalue weighted by molar-refractivity contribution is 0.613. The fraction of sp³-hybridized carbons (Fsp3) is 0.200. The summed E-state index contributed by atoms with van der Waals surface area (Å²) >= 11 is 3.07. The van der Waals surface area contributed by atoms with E-state index in [0.717, 1.165) is 29.9 Å². The topological polar surface area (TPSA) is 30.2 Å². The van der Waals surface area contributed by atoms with Crippen LogP contribution in [0.25, 0.3) is 16.9 Å². The molecule has 3 aromatic heterocycles. The van der Waals surface area contributed by atoms with Crippen LogP contribution >= 0.6 is 15.9 Å². The predicted molar refractivity (Wildman–Crippen MR) is 80.1 cm³/mol. The third-order valence-corrected chi connectivity index (χ3v) is 3.77. The molecule has 0 aromatic carbocycles. The van der Waals surface area contributed by atoms with Gasteiger partial charge < -0.3 is 4.40 Å². The highest BCUT2D eigenvalue weighted by Gasteiger charge is 2.14. The van der Waals surface area contributed by atoms with Crippen molar-refractivity contribution in [2.45, 2.75) is 19.8 Å². The van der Waals surface area contributed by atoms with Gasteiger partial charge in [-0.15, -0.1) is 0 Å². The molecule has 0 aliphatic rings. The number of rotatable bonds is 3. The molecule has 3 rings (SSSR count). The van der Waals surface area contributed by atoms with Crippen molar-refractivity contribution in [1.29, 1.82) is 0 Å². The number of fused-ring (bicyclic) bond motifs is 1. The Kier molecular flexibility index (Phi) is 3.53. The molecule has 0 spiro atoms. The molecule has 0 radical (unpaired) electrons. The SMILES string of the molecule is CCCc1c(-c2cnc(Br)c(F)c2)nc2ccccn12. The minimum atomic E-state index is -0.373. The van der Waals surface area contributed by atoms with Crippen LogP contribution in [0.1, 0.15) is 19.0 Å². The molecule has 0 saturated heterocycles. The van der Waals surface area contributed by atoms with Gasteiger partial charge in [0.05, 0.1) is 11.4 Å². The van der Waals surface area contributed by atoms with Crippen LogP contribution in [-0.2, 0) is 6.42 Å². The minimum Gasteiger partial charge on any atom is -0.303 e. The van der Waals surface area contributed by atoms with Crippen LogP contribution in [0.4, 0.5) is 4.39 Å². The van der Waals surface area contributed by atoms with Gasteiger partial charge in [-0.25, -0.2) is 14.4 Å². The smallest absolute Gasteiger partial charge is 0.156 e. The van der Waals surface area contributed by atoms with Crippen molar-refractivity contribution in [2.24, 2.45) is 0 Å². The van der Waals surface area contributed by atoms with Crippen LogP contribution in [-0.4, -0.2) is 14.4 Å². The predicted octanol–water partition coefficient (Wildman–Crippen LogP) is 4.25. The fourth-order valence-electron chi connectivity index (χ4n) is 2.30. The number of imidazole rings is 1. The van der Waals surface area contributed by atoms with E-state index in [2.05, 4.69) is 37.2 Å². The zero-order valence-corrected chi connectivity index (χ0v) is 12.6. The van der Waals surface area contributed by atoms with E-state index in [0.29, 0.717) is 5.56 Å². The van der Waals surface area contributed by atoms with Gasteiger partial charge in [0.2, 0.25) is 0 Å². The van der Waals surface area contributed by atoms with E-state index in [1.807, 2.05) is 24.4 Å². The summed E-state index contributed by atoms with van der Waals surface area (Å²) in [5.74, 6) is -0.373. The van der Waals surface area contributed by atoms with Crippen molar-refractivity contribution in [1.82, 2.24) is 14.4 Å². The summed E-state index contributed by atoms with van der Waals surface area (Å²) in [7, 11) is 0. The average Bonchev–Trinajstić information content (AvgIpc) is 2.82. The van der Waals surface area contributed by atoms with Crippen molar-refractivity contribution in [3.05, 3.63) is 52.8 Å². The highest BCUT2D eigenvalue weighted by molar-refractivity contribution is 9.10. The molecule has 0 N–H and O–H groups in total. The lowest BCUT2D eigenvalue weighted by Gasteiger charge is -2.04. The number of pyridine rings is 2. The number of aryl methyl sites for hydroxylation is 1. The first-order valence-electron chi connectivity index (χ1n) is 6.48. The molecule has 102 valence electrons. The normalized spacial score (nSPS) is 11.2. The maximum absolute atomic E-state index is 13.7. The number of hydrogen-bond acceptors (Lipinski definition) is 2. The molecule has 0 aliphatic carbocycles. The first-order valence-corrected chi connectivity index (χ1v) is 7.27. The first-order chi connectivity index (χ1) is 9.70. The molecule has 20 heavy (non-hydrogen) atoms. The summed E-state index contributed by atoms with van der Waals surface area (Å²) in [5.41, 5.74) is 3.47. The van der Waals surface area contributed by atoms with E-state index in [-0.39, 0.29) is 10.4 Å². The van der Waals surface area contributed by atoms with Gasteiger partial charge in [-0.3, -0.25) is 0 Å². The van der Waals surface area contributed by atoms with E-state index in [1.165, 1.54) is 6.07 Å². The number of nitrogens with zero attached hydrogens (tertiary/aromatic N) is 3. The Labute approximate surface area is 124 Å². The molecular formula is C15H13BrFN3. The quantitative estimate of drug-likeness (QED) is 0.670. The molecule has 0 fully saturated rings. The van der Waals surface area contributed by atoms with Crippen molar-refractivity contribution >= 4 is 21.6 Å². The summed E-state index contributed by atoms with van der Waals surface area (Å²) in [6.07, 6.45) is 5.52. The van der Waals surface area contributed by atoms with E-state index >= 15 is 0 Å². The largest absolute Gasteiger partial charge is 0.303 e. The third-order valence-electron chi connectivity index (χ3n) is 3.19. The molecular weight excluding hydrogens is 321 g/mol. The summed E-state index contributed by atoms with van der Waals surface area (Å²) in [5, 5.41) is 0. The van der Waals surface area contributed by atoms with Crippen LogP contribution in [0.5, 0.6) is 0 Å². The van der Waals surface area contributed by atoms with E-state index in [9.17, 15) is 4.39 Å². The standard InChI is InChI=1S/C15H13BrFN3/c1-2-5-12-14(10-8-11(17)15(16)18-9-10)19-13-6-3-4-7-20(12)13/h3-4,6-9H,2,5H2,1H3. The lowest BCUT2D eigenvalue weighted by atomic mass is 10.1. The molecule has 3 aromatic rings. The third kappa shape index (κ3) is 2.22. The Morgan fingerprint density at radius 2 is 2.20 bits per heavy atom. The second-order valence-electron chi connectivity index (χ2n) is 4.58. The fourth-order valence-corrected chi connectivity index (χ4v) is 2.52. The molecule has 0 saturated carbocycles. The van der Waals surface area contributed by atoms with Crippen molar-refractivity contribution in [2.75, 3.05) is 0 Å². The van der Waals surface area contributed by atoms with Gasteiger partial charge in [-0.05, 0) is 40.5 Å². The Bertz CT molecular complexity index is 767. The van der Waals surface area contributed by atoms with Gasteiger partial charge in [0.1, 0.15) is 10.3 Å². The second kappa shape index (κ2) is 5.32. The molecule has 0 unspecified atom stereocenters. The molecule has 5 heteroatoms. The van der Waals surface area contributed by atoms with Gasteiger partial charge in [-0.1, -0.05) is 19.4 Å². The molecule has 3 nitrogen and oxygen atoms in total. The minimum absolute atomic E-state index is 0.224. The van der Waals surface area contributed by atoms with Gasteiger partial charge in [0, 0.05) is 18.0 Å². The van der Waals surface area contributed by atoms with Crippen LogP contribution in [0, 0.1) is 5.82 Å². The van der Waals surface area contributed by atoms with Crippen molar-refractivity contribution < 1.29 is 4.39 Å². The Morgan fingerprint density at radius 1 is 1.35 bits per heavy atom. The van der Waals surface area contributed by atoms with Crippen LogP contribution in [0.2, 0.25) is 0 Å². The summed E-state index contributed by atoms with van der Waals surface area (Å²) < 4.78 is 16.0. The van der Waals surface area contributed by atoms with Gasteiger partial charge in [-0.2, -0.15) is 0 Å². The zero-order valence-electron chi connectivity index (χ0n) is 11.0. The van der Waals surface area contributed by atoms with Crippen LogP contribution < -0.4 is 0 Å². The number of aromatic nitrogens is 3. The second-order valence-corrected chi connectivity index (χ2v) is 5.33. The highest BCUT2D eigenvalue weighted by atomic mass is 79.9. The Balaban J connectivity index is 2.23. The van der Waals surface area contributed by atoms with Crippen LogP contribution in [0.15, 0.2) is 41.3 Å². The van der Waals surface area contributed by atoms with Crippen molar-refractivity contribution in [3.8, 4) is 11.3 Å². The highest BCUT2D eigenvalue weighted by Crippen LogP contribution is 2.27. The van der Waals surface area contributed by atoms with Gasteiger partial charge >= 0.3 is 0 Å². The Hall–Kier alpha value is -1.75. The molecule has 0 aliphatic heterocycles. The van der Waals surface area contributed by atoms with Crippen molar-refractivity contribution in [3.63, 3.8) is 0 Å². The first kappa shape index (κ1) is 13.2. The summed E-state index contributed by atoms with van der Waals surface area (Å²) in [6, 6.07) is 7.34. The molecule has 0 amide bonds. The monoisotopic (exact) mass is 333 g/mol. The lowest BCUT2D eigenvalue weighted by Crippen LogP contribution is -1.94. The summed E-state index contributed by atoms with van der Waals surface area (Å²) in [6.45, 7) is 2.12. The van der Waals surface area contributed by atoms with Gasteiger partial charge in [0.25, 0.3) is 0 Å². The molecule has 0 bridgehead atoms. The van der Waals surface area contributed by atoms with Gasteiger partial charge in [0.15, 0.2) is 5.82 Å². The maximum Gasteiger partial charge on any atom is 0.156 e. The Morgan fingerprint density at radius 3 is 2.95 bits per heavy atom. The molecule has 3 heterocycles. The molecule has 0 atom stereocenters. The summed E-state index contributed by atoms with van der Waals surface area (Å²) in [4.78, 5) is 8.63. The van der Waals surface area contributed by atoms with E-state index < -0.39 is 0 Å². The van der Waals surface area contributed by atoms with E-state index in [4.69, 9.17) is 0 Å². The van der Waals surface area contributed by atoms with E-state index in [1.54, 1.807) is 6.20 Å². The zero-order chi connectivity index (χ0) is 14.1.